The number of benzene rings is 5. The molecule has 0 atom stereocenters. The fourth-order valence-corrected chi connectivity index (χ4v) is 3.74. The van der Waals surface area contributed by atoms with E-state index in [1.807, 2.05) is 146 Å². The third-order valence-electron chi connectivity index (χ3n) is 5.62. The van der Waals surface area contributed by atoms with Gasteiger partial charge in [-0.15, -0.1) is 0 Å². The van der Waals surface area contributed by atoms with E-state index < -0.39 is 0 Å². The van der Waals surface area contributed by atoms with Crippen molar-refractivity contribution in [3.63, 3.8) is 0 Å². The molecule has 0 radical (unpaired) electrons. The van der Waals surface area contributed by atoms with Gasteiger partial charge in [0.05, 0.1) is 11.4 Å². The number of nitrogens with one attached hydrogen (secondary N) is 4. The number of rotatable bonds is 8. The lowest BCUT2D eigenvalue weighted by Crippen LogP contribution is -2.17. The Kier molecular flexibility index (Phi) is 8.04. The Morgan fingerprint density at radius 3 is 1.11 bits per heavy atom. The maximum absolute atomic E-state index is 4.66. The highest BCUT2D eigenvalue weighted by Crippen LogP contribution is 2.19. The molecule has 5 aromatic carbocycles. The predicted molar refractivity (Wildman–Crippen MR) is 160 cm³/mol. The maximum Gasteiger partial charge on any atom is 0.157 e. The third-order valence-corrected chi connectivity index (χ3v) is 5.62. The summed E-state index contributed by atoms with van der Waals surface area (Å²) in [5.41, 5.74) is 11.8. The fourth-order valence-electron chi connectivity index (χ4n) is 3.74. The summed E-state index contributed by atoms with van der Waals surface area (Å²) in [6, 6.07) is 47.9. The smallest absolute Gasteiger partial charge is 0.157 e. The molecule has 186 valence electrons. The molecule has 0 heterocycles. The summed E-state index contributed by atoms with van der Waals surface area (Å²) in [4.78, 5) is 0. The van der Waals surface area contributed by atoms with Gasteiger partial charge in [-0.1, -0.05) is 103 Å². The van der Waals surface area contributed by atoms with Crippen LogP contribution in [0.4, 0.5) is 22.7 Å². The molecular formula is C32H28N6. The van der Waals surface area contributed by atoms with E-state index in [1.165, 1.54) is 0 Å². The molecule has 0 aliphatic rings. The molecule has 0 spiro atoms. The number of para-hydroxylation sites is 2. The van der Waals surface area contributed by atoms with E-state index >= 15 is 0 Å². The molecule has 0 fully saturated rings. The summed E-state index contributed by atoms with van der Waals surface area (Å²) >= 11 is 0. The van der Waals surface area contributed by atoms with Crippen molar-refractivity contribution >= 4 is 34.4 Å². The predicted octanol–water partition coefficient (Wildman–Crippen LogP) is 7.46. The van der Waals surface area contributed by atoms with Crippen LogP contribution < -0.4 is 21.5 Å². The van der Waals surface area contributed by atoms with Gasteiger partial charge in [-0.25, -0.2) is 0 Å². The van der Waals surface area contributed by atoms with Gasteiger partial charge in [-0.2, -0.15) is 10.2 Å². The average Bonchev–Trinajstić information content (AvgIpc) is 2.99. The van der Waals surface area contributed by atoms with Crippen LogP contribution >= 0.6 is 0 Å². The van der Waals surface area contributed by atoms with E-state index in [1.54, 1.807) is 0 Å². The molecule has 6 nitrogen and oxygen atoms in total. The van der Waals surface area contributed by atoms with Crippen molar-refractivity contribution in [3.8, 4) is 0 Å². The summed E-state index contributed by atoms with van der Waals surface area (Å²) in [6.45, 7) is 0. The van der Waals surface area contributed by atoms with Gasteiger partial charge in [0.1, 0.15) is 0 Å². The molecule has 38 heavy (non-hydrogen) atoms. The van der Waals surface area contributed by atoms with Gasteiger partial charge in [0, 0.05) is 22.5 Å². The van der Waals surface area contributed by atoms with Crippen LogP contribution in [0.15, 0.2) is 156 Å². The first-order chi connectivity index (χ1) is 18.8. The van der Waals surface area contributed by atoms with E-state index in [0.29, 0.717) is 11.7 Å². The van der Waals surface area contributed by atoms with Crippen molar-refractivity contribution in [3.05, 3.63) is 157 Å². The van der Waals surface area contributed by atoms with Crippen molar-refractivity contribution in [2.24, 2.45) is 10.2 Å². The van der Waals surface area contributed by atoms with Crippen LogP contribution in [0.1, 0.15) is 11.1 Å². The van der Waals surface area contributed by atoms with Gasteiger partial charge in [0.25, 0.3) is 0 Å². The van der Waals surface area contributed by atoms with Crippen molar-refractivity contribution in [2.45, 2.75) is 0 Å². The molecule has 0 aliphatic heterocycles. The molecule has 0 bridgehead atoms. The first-order valence-corrected chi connectivity index (χ1v) is 12.4. The number of anilines is 4. The van der Waals surface area contributed by atoms with E-state index in [0.717, 1.165) is 33.9 Å². The highest BCUT2D eigenvalue weighted by Gasteiger charge is 2.08. The third kappa shape index (κ3) is 6.86. The Balaban J connectivity index is 1.39. The second-order valence-electron chi connectivity index (χ2n) is 8.44. The lowest BCUT2D eigenvalue weighted by Gasteiger charge is -2.14. The first-order valence-electron chi connectivity index (χ1n) is 12.4. The SMILES string of the molecule is c1ccc(N/N=C(/Nc2cccc(N/C(=N/Nc3ccccc3)c3ccccc3)c2)c2ccccc2)cc1. The van der Waals surface area contributed by atoms with Crippen molar-refractivity contribution in [2.75, 3.05) is 21.5 Å². The normalized spacial score (nSPS) is 11.5. The van der Waals surface area contributed by atoms with Crippen LogP contribution in [-0.4, -0.2) is 11.7 Å². The van der Waals surface area contributed by atoms with Gasteiger partial charge >= 0.3 is 0 Å². The van der Waals surface area contributed by atoms with Gasteiger partial charge in [0.15, 0.2) is 11.7 Å². The molecule has 5 aromatic rings. The van der Waals surface area contributed by atoms with Crippen LogP contribution in [0.2, 0.25) is 0 Å². The minimum atomic E-state index is 0.703. The molecule has 4 N–H and O–H groups in total. The molecule has 0 saturated heterocycles. The van der Waals surface area contributed by atoms with E-state index in [4.69, 9.17) is 0 Å². The van der Waals surface area contributed by atoms with Gasteiger partial charge in [0.2, 0.25) is 0 Å². The lowest BCUT2D eigenvalue weighted by molar-refractivity contribution is 1.32. The zero-order chi connectivity index (χ0) is 25.8. The average molecular weight is 497 g/mol. The largest absolute Gasteiger partial charge is 0.338 e. The molecule has 5 rings (SSSR count). The highest BCUT2D eigenvalue weighted by molar-refractivity contribution is 6.10. The number of nitrogens with zero attached hydrogens (tertiary/aromatic N) is 2. The standard InChI is InChI=1S/C32H28N6/c1-5-14-25(15-6-1)31(37-35-27-18-9-3-10-19-27)33-29-22-13-23-30(24-29)34-32(26-16-7-2-8-17-26)38-36-28-20-11-4-12-21-28/h1-24,35-36H,(H,33,37)(H,34,38). The summed E-state index contributed by atoms with van der Waals surface area (Å²) < 4.78 is 0. The molecular weight excluding hydrogens is 468 g/mol. The highest BCUT2D eigenvalue weighted by atomic mass is 15.3. The summed E-state index contributed by atoms with van der Waals surface area (Å²) in [5, 5.41) is 16.3. The van der Waals surface area contributed by atoms with E-state index in [9.17, 15) is 0 Å². The Hall–Kier alpha value is -5.36. The monoisotopic (exact) mass is 496 g/mol. The zero-order valence-electron chi connectivity index (χ0n) is 20.8. The first kappa shape index (κ1) is 24.3. The fraction of sp³-hybridized carbons (Fsp3) is 0. The lowest BCUT2D eigenvalue weighted by atomic mass is 10.2. The number of hydrogen-bond donors (Lipinski definition) is 4. The van der Waals surface area contributed by atoms with Gasteiger partial charge in [-0.05, 0) is 42.5 Å². The zero-order valence-corrected chi connectivity index (χ0v) is 20.8. The maximum atomic E-state index is 4.66. The summed E-state index contributed by atoms with van der Waals surface area (Å²) in [5.74, 6) is 1.41. The summed E-state index contributed by atoms with van der Waals surface area (Å²) in [7, 11) is 0. The summed E-state index contributed by atoms with van der Waals surface area (Å²) in [6.07, 6.45) is 0. The van der Waals surface area contributed by atoms with Crippen LogP contribution in [0, 0.1) is 0 Å². The minimum absolute atomic E-state index is 0.703. The number of hydrogen-bond acceptors (Lipinski definition) is 4. The molecule has 6 heteroatoms. The number of amidine groups is 2. The quantitative estimate of drug-likeness (QED) is 0.102. The van der Waals surface area contributed by atoms with Crippen LogP contribution in [0.3, 0.4) is 0 Å². The number of hydrazone groups is 2. The second-order valence-corrected chi connectivity index (χ2v) is 8.44. The van der Waals surface area contributed by atoms with Crippen molar-refractivity contribution in [1.29, 1.82) is 0 Å². The Bertz CT molecular complexity index is 1370. The second kappa shape index (κ2) is 12.6. The van der Waals surface area contributed by atoms with Gasteiger partial charge in [-0.3, -0.25) is 10.9 Å². The Morgan fingerprint density at radius 1 is 0.368 bits per heavy atom. The van der Waals surface area contributed by atoms with Crippen molar-refractivity contribution < 1.29 is 0 Å². The van der Waals surface area contributed by atoms with E-state index in [-0.39, 0.29) is 0 Å². The molecule has 0 saturated carbocycles. The minimum Gasteiger partial charge on any atom is -0.338 e. The van der Waals surface area contributed by atoms with Crippen LogP contribution in [0.5, 0.6) is 0 Å². The molecule has 0 unspecified atom stereocenters. The van der Waals surface area contributed by atoms with Crippen LogP contribution in [0.25, 0.3) is 0 Å². The Labute approximate surface area is 222 Å². The van der Waals surface area contributed by atoms with Crippen LogP contribution in [-0.2, 0) is 0 Å². The van der Waals surface area contributed by atoms with E-state index in [2.05, 4.69) is 31.7 Å². The molecule has 0 aromatic heterocycles. The molecule has 0 amide bonds. The van der Waals surface area contributed by atoms with Gasteiger partial charge < -0.3 is 10.6 Å². The Morgan fingerprint density at radius 2 is 0.711 bits per heavy atom. The van der Waals surface area contributed by atoms with Crippen molar-refractivity contribution in [1.82, 2.24) is 0 Å². The molecule has 0 aliphatic carbocycles. The topological polar surface area (TPSA) is 72.8 Å².